The Labute approximate surface area is 114 Å². The second-order valence-electron chi connectivity index (χ2n) is 5.87. The molecule has 1 amide bonds. The monoisotopic (exact) mass is 267 g/mol. The molecule has 19 heavy (non-hydrogen) atoms. The van der Waals surface area contributed by atoms with E-state index in [2.05, 4.69) is 29.4 Å². The summed E-state index contributed by atoms with van der Waals surface area (Å²) in [5, 5.41) is 19.2. The number of carbonyl (C=O) groups excluding carboxylic acids is 1. The number of aromatic amines is 1. The largest absolute Gasteiger partial charge is 0.391 e. The summed E-state index contributed by atoms with van der Waals surface area (Å²) in [4.78, 5) is 11.8. The van der Waals surface area contributed by atoms with E-state index in [1.54, 1.807) is 6.07 Å². The molecule has 3 N–H and O–H groups in total. The summed E-state index contributed by atoms with van der Waals surface area (Å²) >= 11 is 0. The molecule has 0 bridgehead atoms. The van der Waals surface area contributed by atoms with E-state index < -0.39 is 6.10 Å². The Hall–Kier alpha value is -1.36. The zero-order valence-electron chi connectivity index (χ0n) is 12.2. The fourth-order valence-electron chi connectivity index (χ4n) is 1.95. The van der Waals surface area contributed by atoms with Gasteiger partial charge in [0.15, 0.2) is 0 Å². The summed E-state index contributed by atoms with van der Waals surface area (Å²) in [5.41, 5.74) is 1.34. The van der Waals surface area contributed by atoms with Gasteiger partial charge in [-0.3, -0.25) is 9.89 Å². The molecule has 5 heteroatoms. The van der Waals surface area contributed by atoms with E-state index >= 15 is 0 Å². The molecule has 1 aromatic rings. The van der Waals surface area contributed by atoms with Gasteiger partial charge < -0.3 is 10.4 Å². The van der Waals surface area contributed by atoms with Crippen LogP contribution in [0.25, 0.3) is 0 Å². The topological polar surface area (TPSA) is 78.0 Å². The highest BCUT2D eigenvalue weighted by molar-refractivity contribution is 5.92. The van der Waals surface area contributed by atoms with Crippen LogP contribution in [-0.4, -0.2) is 33.9 Å². The number of rotatable bonds is 7. The molecule has 0 aliphatic rings. The molecule has 0 fully saturated rings. The van der Waals surface area contributed by atoms with Gasteiger partial charge in [0.05, 0.1) is 6.10 Å². The molecule has 1 aromatic heterocycles. The van der Waals surface area contributed by atoms with Crippen molar-refractivity contribution in [1.29, 1.82) is 0 Å². The number of hydrogen-bond acceptors (Lipinski definition) is 3. The van der Waals surface area contributed by atoms with Crippen LogP contribution in [0.4, 0.5) is 0 Å². The molecule has 1 heterocycles. The Morgan fingerprint density at radius 1 is 1.37 bits per heavy atom. The van der Waals surface area contributed by atoms with Crippen molar-refractivity contribution >= 4 is 5.91 Å². The molecule has 0 aliphatic heterocycles. The number of carbonyl (C=O) groups is 1. The second kappa shape index (κ2) is 7.28. The maximum Gasteiger partial charge on any atom is 0.271 e. The van der Waals surface area contributed by atoms with E-state index in [1.807, 2.05) is 13.8 Å². The van der Waals surface area contributed by atoms with E-state index in [9.17, 15) is 9.90 Å². The molecule has 1 unspecified atom stereocenters. The first kappa shape index (κ1) is 15.7. The fraction of sp³-hybridized carbons (Fsp3) is 0.714. The van der Waals surface area contributed by atoms with Gasteiger partial charge in [-0.1, -0.05) is 27.7 Å². The number of amides is 1. The van der Waals surface area contributed by atoms with Crippen LogP contribution in [0.3, 0.4) is 0 Å². The minimum atomic E-state index is -0.502. The number of aromatic nitrogens is 2. The highest BCUT2D eigenvalue weighted by Crippen LogP contribution is 2.07. The van der Waals surface area contributed by atoms with E-state index in [4.69, 9.17) is 0 Å². The Morgan fingerprint density at radius 3 is 2.63 bits per heavy atom. The Morgan fingerprint density at radius 2 is 2.05 bits per heavy atom. The lowest BCUT2D eigenvalue weighted by Gasteiger charge is -2.13. The molecule has 5 nitrogen and oxygen atoms in total. The van der Waals surface area contributed by atoms with E-state index in [1.165, 1.54) is 0 Å². The molecule has 0 saturated heterocycles. The molecule has 1 rings (SSSR count). The molecule has 0 saturated carbocycles. The first-order valence-corrected chi connectivity index (χ1v) is 6.89. The van der Waals surface area contributed by atoms with Crippen molar-refractivity contribution in [3.05, 3.63) is 17.5 Å². The van der Waals surface area contributed by atoms with Crippen molar-refractivity contribution in [1.82, 2.24) is 15.5 Å². The molecule has 0 aliphatic carbocycles. The van der Waals surface area contributed by atoms with Crippen molar-refractivity contribution in [2.45, 2.75) is 46.6 Å². The van der Waals surface area contributed by atoms with Crippen LogP contribution in [0, 0.1) is 11.8 Å². The standard InChI is InChI=1S/C14H25N3O2/c1-9(2)5-11-7-13(17-16-11)14(19)15-8-12(18)6-10(3)4/h7,9-10,12,18H,5-6,8H2,1-4H3,(H,15,19)(H,16,17). The van der Waals surface area contributed by atoms with Gasteiger partial charge in [-0.25, -0.2) is 0 Å². The first-order valence-electron chi connectivity index (χ1n) is 6.89. The number of hydrogen-bond donors (Lipinski definition) is 3. The summed E-state index contributed by atoms with van der Waals surface area (Å²) in [5.74, 6) is 0.688. The molecule has 0 radical (unpaired) electrons. The number of nitrogens with zero attached hydrogens (tertiary/aromatic N) is 1. The SMILES string of the molecule is CC(C)Cc1cc(C(=O)NCC(O)CC(C)C)n[nH]1. The average molecular weight is 267 g/mol. The lowest BCUT2D eigenvalue weighted by atomic mass is 10.1. The highest BCUT2D eigenvalue weighted by Gasteiger charge is 2.13. The fourth-order valence-corrected chi connectivity index (χ4v) is 1.95. The van der Waals surface area contributed by atoms with Gasteiger partial charge in [-0.05, 0) is 30.7 Å². The highest BCUT2D eigenvalue weighted by atomic mass is 16.3. The first-order chi connectivity index (χ1) is 8.88. The third-order valence-electron chi connectivity index (χ3n) is 2.73. The van der Waals surface area contributed by atoms with E-state index in [0.717, 1.165) is 12.1 Å². The third kappa shape index (κ3) is 5.87. The predicted octanol–water partition coefficient (Wildman–Crippen LogP) is 1.74. The van der Waals surface area contributed by atoms with Crippen LogP contribution >= 0.6 is 0 Å². The zero-order valence-corrected chi connectivity index (χ0v) is 12.2. The van der Waals surface area contributed by atoms with Crippen LogP contribution < -0.4 is 5.32 Å². The summed E-state index contributed by atoms with van der Waals surface area (Å²) in [6.07, 6.45) is 1.05. The van der Waals surface area contributed by atoms with Crippen LogP contribution in [0.2, 0.25) is 0 Å². The Bertz CT molecular complexity index is 399. The predicted molar refractivity (Wildman–Crippen MR) is 74.9 cm³/mol. The quantitative estimate of drug-likeness (QED) is 0.704. The van der Waals surface area contributed by atoms with Gasteiger partial charge in [0.25, 0.3) is 5.91 Å². The third-order valence-corrected chi connectivity index (χ3v) is 2.73. The van der Waals surface area contributed by atoms with Crippen LogP contribution in [0.5, 0.6) is 0 Å². The summed E-state index contributed by atoms with van der Waals surface area (Å²) in [6, 6.07) is 1.77. The van der Waals surface area contributed by atoms with Crippen molar-refractivity contribution in [3.63, 3.8) is 0 Å². The normalized spacial score (nSPS) is 13.0. The van der Waals surface area contributed by atoms with Crippen LogP contribution in [-0.2, 0) is 6.42 Å². The average Bonchev–Trinajstić information content (AvgIpc) is 2.72. The molecule has 1 atom stereocenters. The number of aliphatic hydroxyl groups is 1. The minimum Gasteiger partial charge on any atom is -0.391 e. The van der Waals surface area contributed by atoms with E-state index in [-0.39, 0.29) is 12.5 Å². The van der Waals surface area contributed by atoms with Crippen LogP contribution in [0.15, 0.2) is 6.07 Å². The molecule has 108 valence electrons. The van der Waals surface area contributed by atoms with Crippen molar-refractivity contribution < 1.29 is 9.90 Å². The summed E-state index contributed by atoms with van der Waals surface area (Å²) < 4.78 is 0. The Kier molecular flexibility index (Phi) is 6.02. The number of aliphatic hydroxyl groups excluding tert-OH is 1. The zero-order chi connectivity index (χ0) is 14.4. The molecular weight excluding hydrogens is 242 g/mol. The maximum atomic E-state index is 11.8. The summed E-state index contributed by atoms with van der Waals surface area (Å²) in [7, 11) is 0. The van der Waals surface area contributed by atoms with Gasteiger partial charge in [0.2, 0.25) is 0 Å². The smallest absolute Gasteiger partial charge is 0.271 e. The van der Waals surface area contributed by atoms with Crippen molar-refractivity contribution in [2.24, 2.45) is 11.8 Å². The van der Waals surface area contributed by atoms with Crippen LogP contribution in [0.1, 0.15) is 50.3 Å². The van der Waals surface area contributed by atoms with Gasteiger partial charge in [-0.15, -0.1) is 0 Å². The molecule has 0 aromatic carbocycles. The number of nitrogens with one attached hydrogen (secondary N) is 2. The number of H-pyrrole nitrogens is 1. The maximum absolute atomic E-state index is 11.8. The Balaban J connectivity index is 2.43. The molecule has 0 spiro atoms. The summed E-state index contributed by atoms with van der Waals surface area (Å²) in [6.45, 7) is 8.57. The lowest BCUT2D eigenvalue weighted by molar-refractivity contribution is 0.0895. The van der Waals surface area contributed by atoms with Gasteiger partial charge in [0.1, 0.15) is 5.69 Å². The second-order valence-corrected chi connectivity index (χ2v) is 5.87. The van der Waals surface area contributed by atoms with Crippen molar-refractivity contribution in [3.8, 4) is 0 Å². The minimum absolute atomic E-state index is 0.242. The van der Waals surface area contributed by atoms with E-state index in [0.29, 0.717) is 24.0 Å². The van der Waals surface area contributed by atoms with Gasteiger partial charge >= 0.3 is 0 Å². The van der Waals surface area contributed by atoms with Crippen molar-refractivity contribution in [2.75, 3.05) is 6.54 Å². The molecular formula is C14H25N3O2. The van der Waals surface area contributed by atoms with Gasteiger partial charge in [-0.2, -0.15) is 5.10 Å². The lowest BCUT2D eigenvalue weighted by Crippen LogP contribution is -2.33. The van der Waals surface area contributed by atoms with Gasteiger partial charge in [0, 0.05) is 12.2 Å².